The van der Waals surface area contributed by atoms with E-state index in [9.17, 15) is 8.42 Å². The van der Waals surface area contributed by atoms with E-state index in [0.717, 1.165) is 15.6 Å². The van der Waals surface area contributed by atoms with E-state index in [1.165, 1.54) is 7.05 Å². The van der Waals surface area contributed by atoms with Gasteiger partial charge < -0.3 is 0 Å². The standard InChI is InChI=1S/C13H20BrNO2S/c1-8(2)10-7-13(18(16,17)15-5)11(9(3)4)6-12(10)14/h6-9,15H,1-5H3. The maximum absolute atomic E-state index is 12.1. The molecule has 0 fully saturated rings. The van der Waals surface area contributed by atoms with E-state index in [1.54, 1.807) is 6.07 Å². The van der Waals surface area contributed by atoms with Gasteiger partial charge in [0, 0.05) is 4.47 Å². The van der Waals surface area contributed by atoms with Crippen molar-refractivity contribution < 1.29 is 8.42 Å². The van der Waals surface area contributed by atoms with Gasteiger partial charge in [-0.1, -0.05) is 43.6 Å². The van der Waals surface area contributed by atoms with Gasteiger partial charge in [0.2, 0.25) is 10.0 Å². The summed E-state index contributed by atoms with van der Waals surface area (Å²) in [7, 11) is -1.98. The first-order valence-electron chi connectivity index (χ1n) is 5.97. The molecular weight excluding hydrogens is 314 g/mol. The van der Waals surface area contributed by atoms with Gasteiger partial charge in [-0.25, -0.2) is 13.1 Å². The first kappa shape index (κ1) is 15.7. The summed E-state index contributed by atoms with van der Waals surface area (Å²) in [5.41, 5.74) is 1.84. The summed E-state index contributed by atoms with van der Waals surface area (Å²) in [6.07, 6.45) is 0. The minimum Gasteiger partial charge on any atom is -0.214 e. The molecule has 0 saturated carbocycles. The number of benzene rings is 1. The van der Waals surface area contributed by atoms with Crippen molar-refractivity contribution in [3.05, 3.63) is 27.7 Å². The quantitative estimate of drug-likeness (QED) is 0.914. The lowest BCUT2D eigenvalue weighted by Gasteiger charge is -2.17. The number of halogens is 1. The molecule has 0 aliphatic carbocycles. The minimum atomic E-state index is -3.42. The van der Waals surface area contributed by atoms with Crippen molar-refractivity contribution in [2.24, 2.45) is 0 Å². The Bertz CT molecular complexity index is 536. The molecule has 0 spiro atoms. The average Bonchev–Trinajstić information content (AvgIpc) is 2.27. The molecule has 0 heterocycles. The zero-order chi connectivity index (χ0) is 14.1. The molecule has 1 rings (SSSR count). The monoisotopic (exact) mass is 333 g/mol. The number of hydrogen-bond acceptors (Lipinski definition) is 2. The van der Waals surface area contributed by atoms with E-state index < -0.39 is 10.0 Å². The Morgan fingerprint density at radius 1 is 1.06 bits per heavy atom. The number of sulfonamides is 1. The first-order valence-corrected chi connectivity index (χ1v) is 8.25. The summed E-state index contributed by atoms with van der Waals surface area (Å²) in [5.74, 6) is 0.423. The molecule has 1 aromatic carbocycles. The summed E-state index contributed by atoms with van der Waals surface area (Å²) < 4.78 is 27.5. The lowest BCUT2D eigenvalue weighted by molar-refractivity contribution is 0.585. The third-order valence-electron chi connectivity index (χ3n) is 2.93. The molecule has 0 aromatic heterocycles. The maximum atomic E-state index is 12.1. The smallest absolute Gasteiger partial charge is 0.214 e. The van der Waals surface area contributed by atoms with Crippen LogP contribution in [0.1, 0.15) is 50.7 Å². The largest absolute Gasteiger partial charge is 0.240 e. The van der Waals surface area contributed by atoms with Gasteiger partial charge in [-0.2, -0.15) is 0 Å². The fourth-order valence-electron chi connectivity index (χ4n) is 1.82. The Balaban J connectivity index is 3.61. The third kappa shape index (κ3) is 3.13. The van der Waals surface area contributed by atoms with Crippen LogP contribution < -0.4 is 4.72 Å². The molecule has 0 saturated heterocycles. The molecule has 0 atom stereocenters. The van der Waals surface area contributed by atoms with E-state index in [1.807, 2.05) is 33.8 Å². The van der Waals surface area contributed by atoms with Crippen LogP contribution in [0.3, 0.4) is 0 Å². The van der Waals surface area contributed by atoms with Gasteiger partial charge in [0.05, 0.1) is 4.90 Å². The second-order valence-corrected chi connectivity index (χ2v) is 7.64. The van der Waals surface area contributed by atoms with Crippen molar-refractivity contribution in [3.63, 3.8) is 0 Å². The predicted octanol–water partition coefficient (Wildman–Crippen LogP) is 3.60. The third-order valence-corrected chi connectivity index (χ3v) is 5.09. The molecule has 0 amide bonds. The number of rotatable bonds is 4. The minimum absolute atomic E-state index is 0.153. The van der Waals surface area contributed by atoms with E-state index in [0.29, 0.717) is 4.90 Å². The van der Waals surface area contributed by atoms with Crippen LogP contribution in [-0.2, 0) is 10.0 Å². The van der Waals surface area contributed by atoms with Crippen LogP contribution in [0.2, 0.25) is 0 Å². The molecular formula is C13H20BrNO2S. The Labute approximate surface area is 118 Å². The van der Waals surface area contributed by atoms with Crippen molar-refractivity contribution in [2.75, 3.05) is 7.05 Å². The second kappa shape index (κ2) is 5.72. The summed E-state index contributed by atoms with van der Waals surface area (Å²) >= 11 is 3.52. The molecule has 0 unspecified atom stereocenters. The highest BCUT2D eigenvalue weighted by Crippen LogP contribution is 2.33. The first-order chi connectivity index (χ1) is 8.20. The van der Waals surface area contributed by atoms with Crippen LogP contribution in [0.25, 0.3) is 0 Å². The summed E-state index contributed by atoms with van der Waals surface area (Å²) in [4.78, 5) is 0.381. The number of hydrogen-bond donors (Lipinski definition) is 1. The summed E-state index contributed by atoms with van der Waals surface area (Å²) in [6, 6.07) is 3.69. The fourth-order valence-corrected chi connectivity index (χ4v) is 3.75. The molecule has 0 bridgehead atoms. The number of nitrogens with one attached hydrogen (secondary N) is 1. The zero-order valence-corrected chi connectivity index (χ0v) is 13.8. The van der Waals surface area contributed by atoms with E-state index in [2.05, 4.69) is 20.7 Å². The van der Waals surface area contributed by atoms with E-state index in [-0.39, 0.29) is 11.8 Å². The van der Waals surface area contributed by atoms with Crippen molar-refractivity contribution >= 4 is 26.0 Å². The van der Waals surface area contributed by atoms with E-state index in [4.69, 9.17) is 0 Å². The van der Waals surface area contributed by atoms with Gasteiger partial charge in [-0.15, -0.1) is 0 Å². The molecule has 18 heavy (non-hydrogen) atoms. The molecule has 0 radical (unpaired) electrons. The Morgan fingerprint density at radius 2 is 1.56 bits per heavy atom. The molecule has 1 aromatic rings. The van der Waals surface area contributed by atoms with E-state index >= 15 is 0 Å². The molecule has 3 nitrogen and oxygen atoms in total. The molecule has 0 aliphatic rings. The lowest BCUT2D eigenvalue weighted by atomic mass is 9.97. The predicted molar refractivity (Wildman–Crippen MR) is 78.6 cm³/mol. The van der Waals surface area contributed by atoms with Crippen molar-refractivity contribution in [1.29, 1.82) is 0 Å². The van der Waals surface area contributed by atoms with Crippen LogP contribution >= 0.6 is 15.9 Å². The van der Waals surface area contributed by atoms with Crippen LogP contribution in [0.15, 0.2) is 21.5 Å². The Kier molecular flexibility index (Phi) is 4.98. The highest BCUT2D eigenvalue weighted by atomic mass is 79.9. The SMILES string of the molecule is CNS(=O)(=O)c1cc(C(C)C)c(Br)cc1C(C)C. The highest BCUT2D eigenvalue weighted by molar-refractivity contribution is 9.10. The van der Waals surface area contributed by atoms with Gasteiger partial charge >= 0.3 is 0 Å². The van der Waals surface area contributed by atoms with Crippen LogP contribution in [0.5, 0.6) is 0 Å². The average molecular weight is 334 g/mol. The van der Waals surface area contributed by atoms with Crippen LogP contribution in [0.4, 0.5) is 0 Å². The van der Waals surface area contributed by atoms with Gasteiger partial charge in [-0.05, 0) is 42.1 Å². The Morgan fingerprint density at radius 3 is 1.94 bits per heavy atom. The summed E-state index contributed by atoms with van der Waals surface area (Å²) in [6.45, 7) is 8.08. The maximum Gasteiger partial charge on any atom is 0.240 e. The highest BCUT2D eigenvalue weighted by Gasteiger charge is 2.21. The van der Waals surface area contributed by atoms with Gasteiger partial charge in [-0.3, -0.25) is 0 Å². The van der Waals surface area contributed by atoms with Crippen molar-refractivity contribution in [3.8, 4) is 0 Å². The Hall–Kier alpha value is -0.390. The van der Waals surface area contributed by atoms with Crippen molar-refractivity contribution in [1.82, 2.24) is 4.72 Å². The molecule has 102 valence electrons. The molecule has 5 heteroatoms. The van der Waals surface area contributed by atoms with Crippen LogP contribution in [0, 0.1) is 0 Å². The normalized spacial score (nSPS) is 12.4. The van der Waals surface area contributed by atoms with Crippen LogP contribution in [-0.4, -0.2) is 15.5 Å². The lowest BCUT2D eigenvalue weighted by Crippen LogP contribution is -2.21. The zero-order valence-electron chi connectivity index (χ0n) is 11.4. The van der Waals surface area contributed by atoms with Gasteiger partial charge in [0.15, 0.2) is 0 Å². The van der Waals surface area contributed by atoms with Crippen molar-refractivity contribution in [2.45, 2.75) is 44.4 Å². The topological polar surface area (TPSA) is 46.2 Å². The molecule has 0 aliphatic heterocycles. The van der Waals surface area contributed by atoms with Gasteiger partial charge in [0.1, 0.15) is 0 Å². The molecule has 1 N–H and O–H groups in total. The summed E-state index contributed by atoms with van der Waals surface area (Å²) in [5, 5.41) is 0. The fraction of sp³-hybridized carbons (Fsp3) is 0.538. The second-order valence-electron chi connectivity index (χ2n) is 4.93. The van der Waals surface area contributed by atoms with Gasteiger partial charge in [0.25, 0.3) is 0 Å².